The minimum Gasteiger partial charge on any atom is -0.357 e. The molecule has 1 atom stereocenters. The van der Waals surface area contributed by atoms with E-state index in [1.165, 1.54) is 48.3 Å². The van der Waals surface area contributed by atoms with E-state index in [9.17, 15) is 28.1 Å². The zero-order chi connectivity index (χ0) is 27.0. The summed E-state index contributed by atoms with van der Waals surface area (Å²) in [6.07, 6.45) is 0.455. The van der Waals surface area contributed by atoms with E-state index in [1.54, 1.807) is 25.1 Å². The van der Waals surface area contributed by atoms with E-state index >= 15 is 0 Å². The van der Waals surface area contributed by atoms with E-state index in [2.05, 4.69) is 5.32 Å². The van der Waals surface area contributed by atoms with Crippen LogP contribution in [0.2, 0.25) is 0 Å². The third-order valence-corrected chi connectivity index (χ3v) is 7.64. The van der Waals surface area contributed by atoms with Crippen molar-refractivity contribution in [3.8, 4) is 0 Å². The molecule has 0 heterocycles. The maximum Gasteiger partial charge on any atom is 0.269 e. The van der Waals surface area contributed by atoms with Crippen molar-refractivity contribution in [2.24, 2.45) is 0 Å². The van der Waals surface area contributed by atoms with Gasteiger partial charge in [0.15, 0.2) is 0 Å². The molecule has 2 amide bonds. The first kappa shape index (κ1) is 27.3. The molecule has 0 fully saturated rings. The molecule has 0 bridgehead atoms. The summed E-state index contributed by atoms with van der Waals surface area (Å²) in [4.78, 5) is 37.8. The van der Waals surface area contributed by atoms with Gasteiger partial charge in [-0.3, -0.25) is 24.0 Å². The highest BCUT2D eigenvalue weighted by atomic mass is 32.2. The predicted octanol–water partition coefficient (Wildman–Crippen LogP) is 3.00. The number of rotatable bonds is 11. The molecule has 0 aliphatic rings. The van der Waals surface area contributed by atoms with Gasteiger partial charge in [0.25, 0.3) is 15.7 Å². The Morgan fingerprint density at radius 2 is 1.51 bits per heavy atom. The van der Waals surface area contributed by atoms with Crippen LogP contribution in [0, 0.1) is 10.1 Å². The maximum absolute atomic E-state index is 13.6. The molecule has 0 unspecified atom stereocenters. The number of non-ortho nitro benzene ring substituents is 1. The molecule has 0 aliphatic carbocycles. The van der Waals surface area contributed by atoms with Crippen LogP contribution >= 0.6 is 0 Å². The molecule has 3 aromatic carbocycles. The molecule has 0 spiro atoms. The Hall–Kier alpha value is -4.25. The van der Waals surface area contributed by atoms with Gasteiger partial charge in [0.2, 0.25) is 11.8 Å². The summed E-state index contributed by atoms with van der Waals surface area (Å²) >= 11 is 0. The van der Waals surface area contributed by atoms with Crippen LogP contribution in [0.5, 0.6) is 0 Å². The lowest BCUT2D eigenvalue weighted by molar-refractivity contribution is -0.384. The quantitative estimate of drug-likeness (QED) is 0.303. The third kappa shape index (κ3) is 6.70. The van der Waals surface area contributed by atoms with Gasteiger partial charge < -0.3 is 10.2 Å². The van der Waals surface area contributed by atoms with Gasteiger partial charge in [-0.25, -0.2) is 8.42 Å². The Kier molecular flexibility index (Phi) is 8.96. The standard InChI is InChI=1S/C26H28N4O6S/c1-20(26(32)27-2)28(18-17-21-9-5-3-6-10-21)25(31)19-29(22-13-15-23(16-14-22)30(33)34)37(35,36)24-11-7-4-8-12-24/h3-16,20H,17-19H2,1-2H3,(H,27,32)/t20-/m0/s1. The fourth-order valence-electron chi connectivity index (χ4n) is 3.77. The number of nitro groups is 1. The zero-order valence-electron chi connectivity index (χ0n) is 20.5. The number of likely N-dealkylation sites (N-methyl/N-ethyl adjacent to an activating group) is 1. The van der Waals surface area contributed by atoms with Crippen molar-refractivity contribution in [1.29, 1.82) is 0 Å². The Morgan fingerprint density at radius 3 is 2.05 bits per heavy atom. The number of nitro benzene ring substituents is 1. The van der Waals surface area contributed by atoms with Crippen LogP contribution in [0.4, 0.5) is 11.4 Å². The van der Waals surface area contributed by atoms with Gasteiger partial charge in [0, 0.05) is 25.7 Å². The second-order valence-electron chi connectivity index (χ2n) is 8.21. The van der Waals surface area contributed by atoms with E-state index in [1.807, 2.05) is 30.3 Å². The molecular formula is C26H28N4O6S. The summed E-state index contributed by atoms with van der Waals surface area (Å²) in [5.41, 5.74) is 0.816. The monoisotopic (exact) mass is 524 g/mol. The number of amides is 2. The number of benzene rings is 3. The fourth-order valence-corrected chi connectivity index (χ4v) is 5.20. The average Bonchev–Trinajstić information content (AvgIpc) is 2.92. The summed E-state index contributed by atoms with van der Waals surface area (Å²) < 4.78 is 28.1. The molecule has 0 aliphatic heterocycles. The Morgan fingerprint density at radius 1 is 0.946 bits per heavy atom. The first-order valence-corrected chi connectivity index (χ1v) is 13.0. The molecule has 11 heteroatoms. The van der Waals surface area contributed by atoms with Crippen molar-refractivity contribution < 1.29 is 22.9 Å². The van der Waals surface area contributed by atoms with E-state index in [4.69, 9.17) is 0 Å². The number of carbonyl (C=O) groups is 2. The van der Waals surface area contributed by atoms with Gasteiger partial charge in [-0.05, 0) is 43.2 Å². The molecule has 0 saturated heterocycles. The van der Waals surface area contributed by atoms with E-state index < -0.39 is 39.3 Å². The summed E-state index contributed by atoms with van der Waals surface area (Å²) in [5, 5.41) is 13.6. The summed E-state index contributed by atoms with van der Waals surface area (Å²) in [6.45, 7) is 1.14. The number of sulfonamides is 1. The Balaban J connectivity index is 1.98. The molecule has 0 aromatic heterocycles. The lowest BCUT2D eigenvalue weighted by Gasteiger charge is -2.31. The van der Waals surface area contributed by atoms with Crippen molar-refractivity contribution >= 4 is 33.2 Å². The molecule has 3 aromatic rings. The van der Waals surface area contributed by atoms with E-state index in [-0.39, 0.29) is 22.8 Å². The Bertz CT molecular complexity index is 1330. The maximum atomic E-state index is 13.6. The molecule has 3 rings (SSSR count). The molecule has 0 saturated carbocycles. The van der Waals surface area contributed by atoms with Crippen molar-refractivity contribution in [1.82, 2.24) is 10.2 Å². The highest BCUT2D eigenvalue weighted by molar-refractivity contribution is 7.92. The number of hydrogen-bond acceptors (Lipinski definition) is 6. The number of nitrogens with zero attached hydrogens (tertiary/aromatic N) is 3. The van der Waals surface area contributed by atoms with Gasteiger partial charge in [-0.2, -0.15) is 0 Å². The van der Waals surface area contributed by atoms with Crippen LogP contribution in [0.1, 0.15) is 12.5 Å². The summed E-state index contributed by atoms with van der Waals surface area (Å²) in [7, 11) is -2.76. The largest absolute Gasteiger partial charge is 0.357 e. The smallest absolute Gasteiger partial charge is 0.269 e. The second kappa shape index (κ2) is 12.1. The first-order valence-electron chi connectivity index (χ1n) is 11.5. The minimum absolute atomic E-state index is 0.0451. The summed E-state index contributed by atoms with van der Waals surface area (Å²) in [6, 6.07) is 21.0. The van der Waals surface area contributed by atoms with Crippen LogP contribution in [0.3, 0.4) is 0 Å². The van der Waals surface area contributed by atoms with Crippen molar-refractivity contribution in [2.45, 2.75) is 24.3 Å². The lowest BCUT2D eigenvalue weighted by atomic mass is 10.1. The van der Waals surface area contributed by atoms with Crippen molar-refractivity contribution in [2.75, 3.05) is 24.4 Å². The van der Waals surface area contributed by atoms with Crippen LogP contribution in [-0.2, 0) is 26.0 Å². The zero-order valence-corrected chi connectivity index (χ0v) is 21.3. The second-order valence-corrected chi connectivity index (χ2v) is 10.1. The molecule has 0 radical (unpaired) electrons. The predicted molar refractivity (Wildman–Crippen MR) is 139 cm³/mol. The third-order valence-electron chi connectivity index (χ3n) is 5.86. The van der Waals surface area contributed by atoms with E-state index in [0.717, 1.165) is 9.87 Å². The molecule has 10 nitrogen and oxygen atoms in total. The number of hydrogen-bond donors (Lipinski definition) is 1. The van der Waals surface area contributed by atoms with Crippen molar-refractivity contribution in [3.05, 3.63) is 101 Å². The molecule has 1 N–H and O–H groups in total. The number of carbonyl (C=O) groups excluding carboxylic acids is 2. The minimum atomic E-state index is -4.22. The highest BCUT2D eigenvalue weighted by Gasteiger charge is 2.32. The normalized spacial score (nSPS) is 11.8. The fraction of sp³-hybridized carbons (Fsp3) is 0.231. The van der Waals surface area contributed by atoms with Crippen LogP contribution in [0.25, 0.3) is 0 Å². The molecule has 37 heavy (non-hydrogen) atoms. The van der Waals surface area contributed by atoms with Crippen LogP contribution < -0.4 is 9.62 Å². The highest BCUT2D eigenvalue weighted by Crippen LogP contribution is 2.26. The SMILES string of the molecule is CNC(=O)[C@H](C)N(CCc1ccccc1)C(=O)CN(c1ccc([N+](=O)[O-])cc1)S(=O)(=O)c1ccccc1. The van der Waals surface area contributed by atoms with Crippen LogP contribution in [0.15, 0.2) is 89.8 Å². The number of nitrogens with one attached hydrogen (secondary N) is 1. The molecular weight excluding hydrogens is 496 g/mol. The number of anilines is 1. The average molecular weight is 525 g/mol. The van der Waals surface area contributed by atoms with Gasteiger partial charge in [0.1, 0.15) is 12.6 Å². The van der Waals surface area contributed by atoms with Gasteiger partial charge >= 0.3 is 0 Å². The van der Waals surface area contributed by atoms with Gasteiger partial charge in [-0.1, -0.05) is 48.5 Å². The lowest BCUT2D eigenvalue weighted by Crippen LogP contribution is -2.51. The Labute approximate surface area is 215 Å². The van der Waals surface area contributed by atoms with Gasteiger partial charge in [0.05, 0.1) is 15.5 Å². The first-order chi connectivity index (χ1) is 17.6. The van der Waals surface area contributed by atoms with Gasteiger partial charge in [-0.15, -0.1) is 0 Å². The summed E-state index contributed by atoms with van der Waals surface area (Å²) in [5.74, 6) is -0.987. The molecule has 194 valence electrons. The van der Waals surface area contributed by atoms with E-state index in [0.29, 0.717) is 6.42 Å². The topological polar surface area (TPSA) is 130 Å². The van der Waals surface area contributed by atoms with Crippen LogP contribution in [-0.4, -0.2) is 56.2 Å². The van der Waals surface area contributed by atoms with Crippen molar-refractivity contribution in [3.63, 3.8) is 0 Å².